The molecular weight excluding hydrogens is 372 g/mol. The Bertz CT molecular complexity index is 941. The predicted molar refractivity (Wildman–Crippen MR) is 119 cm³/mol. The third-order valence-electron chi connectivity index (χ3n) is 9.49. The van der Waals surface area contributed by atoms with Gasteiger partial charge in [-0.2, -0.15) is 5.10 Å². The molecular formula is C26H36N2O2. The van der Waals surface area contributed by atoms with Gasteiger partial charge in [0, 0.05) is 23.2 Å². The Labute approximate surface area is 180 Å². The Kier molecular flexibility index (Phi) is 4.66. The molecule has 6 atom stereocenters. The van der Waals surface area contributed by atoms with Crippen molar-refractivity contribution in [2.45, 2.75) is 85.3 Å². The molecule has 1 N–H and O–H groups in total. The zero-order valence-electron chi connectivity index (χ0n) is 18.9. The van der Waals surface area contributed by atoms with E-state index in [-0.39, 0.29) is 16.9 Å². The van der Waals surface area contributed by atoms with Crippen LogP contribution in [0.2, 0.25) is 0 Å². The summed E-state index contributed by atoms with van der Waals surface area (Å²) in [6, 6.07) is 0. The van der Waals surface area contributed by atoms with E-state index in [1.165, 1.54) is 5.57 Å². The second kappa shape index (κ2) is 6.91. The molecule has 162 valence electrons. The summed E-state index contributed by atoms with van der Waals surface area (Å²) < 4.78 is 2.00. The molecule has 3 fully saturated rings. The number of allylic oxidation sites excluding steroid dienone is 2. The Balaban J connectivity index is 1.48. The number of nitrogens with zero attached hydrogens (tertiary/aromatic N) is 2. The normalized spacial score (nSPS) is 42.0. The lowest BCUT2D eigenvalue weighted by atomic mass is 9.48. The van der Waals surface area contributed by atoms with E-state index in [1.807, 2.05) is 10.9 Å². The van der Waals surface area contributed by atoms with Gasteiger partial charge in [0.15, 0.2) is 5.78 Å². The van der Waals surface area contributed by atoms with E-state index >= 15 is 0 Å². The molecule has 3 saturated carbocycles. The Morgan fingerprint density at radius 3 is 2.70 bits per heavy atom. The van der Waals surface area contributed by atoms with Gasteiger partial charge in [0.1, 0.15) is 0 Å². The summed E-state index contributed by atoms with van der Waals surface area (Å²) in [5, 5.41) is 14.7. The van der Waals surface area contributed by atoms with E-state index in [1.54, 1.807) is 0 Å². The molecule has 5 rings (SSSR count). The number of hydrogen-bond acceptors (Lipinski definition) is 3. The summed E-state index contributed by atoms with van der Waals surface area (Å²) in [5.41, 5.74) is 4.76. The van der Waals surface area contributed by atoms with E-state index in [0.29, 0.717) is 23.5 Å². The molecule has 0 bridgehead atoms. The van der Waals surface area contributed by atoms with E-state index in [4.69, 9.17) is 0 Å². The number of aryl methyl sites for hydroxylation is 1. The summed E-state index contributed by atoms with van der Waals surface area (Å²) in [7, 11) is 0. The van der Waals surface area contributed by atoms with Gasteiger partial charge in [-0.25, -0.2) is 0 Å². The Hall–Kier alpha value is -1.68. The van der Waals surface area contributed by atoms with E-state index in [2.05, 4.69) is 44.9 Å². The largest absolute Gasteiger partial charge is 0.393 e. The highest BCUT2D eigenvalue weighted by atomic mass is 16.3. The minimum Gasteiger partial charge on any atom is -0.393 e. The van der Waals surface area contributed by atoms with Gasteiger partial charge in [-0.1, -0.05) is 25.5 Å². The molecule has 4 nitrogen and oxygen atoms in total. The van der Waals surface area contributed by atoms with Gasteiger partial charge >= 0.3 is 0 Å². The topological polar surface area (TPSA) is 55.1 Å². The third-order valence-corrected chi connectivity index (χ3v) is 9.49. The Morgan fingerprint density at radius 1 is 1.20 bits per heavy atom. The highest BCUT2D eigenvalue weighted by Gasteiger charge is 2.59. The lowest BCUT2D eigenvalue weighted by molar-refractivity contribution is -0.130. The van der Waals surface area contributed by atoms with Gasteiger partial charge < -0.3 is 5.11 Å². The first kappa shape index (κ1) is 20.2. The molecule has 1 heterocycles. The quantitative estimate of drug-likeness (QED) is 0.547. The summed E-state index contributed by atoms with van der Waals surface area (Å²) in [5.74, 6) is 2.06. The maximum absolute atomic E-state index is 13.6. The lowest BCUT2D eigenvalue weighted by Crippen LogP contribution is -2.50. The summed E-state index contributed by atoms with van der Waals surface area (Å²) in [4.78, 5) is 13.6. The number of carbonyl (C=O) groups excluding carboxylic acids is 1. The molecule has 30 heavy (non-hydrogen) atoms. The van der Waals surface area contributed by atoms with Crippen LogP contribution in [0.5, 0.6) is 0 Å². The number of aromatic nitrogens is 2. The van der Waals surface area contributed by atoms with Crippen molar-refractivity contribution >= 4 is 11.9 Å². The average Bonchev–Trinajstić information content (AvgIpc) is 3.20. The molecule has 1 aromatic heterocycles. The van der Waals surface area contributed by atoms with Crippen LogP contribution >= 0.6 is 0 Å². The van der Waals surface area contributed by atoms with Crippen LogP contribution in [-0.2, 0) is 11.3 Å². The van der Waals surface area contributed by atoms with Crippen molar-refractivity contribution in [3.63, 3.8) is 0 Å². The molecule has 0 saturated heterocycles. The molecule has 0 aromatic carbocycles. The number of rotatable bonds is 2. The van der Waals surface area contributed by atoms with Crippen LogP contribution in [0.25, 0.3) is 6.08 Å². The van der Waals surface area contributed by atoms with Crippen molar-refractivity contribution < 1.29 is 9.90 Å². The average molecular weight is 409 g/mol. The van der Waals surface area contributed by atoms with Gasteiger partial charge in [0.2, 0.25) is 0 Å². The molecule has 1 aromatic rings. The summed E-state index contributed by atoms with van der Waals surface area (Å²) >= 11 is 0. The first-order chi connectivity index (χ1) is 14.3. The van der Waals surface area contributed by atoms with Crippen LogP contribution < -0.4 is 0 Å². The number of aliphatic hydroxyl groups excluding tert-OH is 1. The smallest absolute Gasteiger partial charge is 0.165 e. The first-order valence-electron chi connectivity index (χ1n) is 11.9. The predicted octanol–water partition coefficient (Wildman–Crippen LogP) is 5.10. The molecule has 4 aliphatic carbocycles. The number of aliphatic hydroxyl groups is 1. The fraction of sp³-hybridized carbons (Fsp3) is 0.692. The van der Waals surface area contributed by atoms with Gasteiger partial charge in [0.25, 0.3) is 0 Å². The van der Waals surface area contributed by atoms with E-state index in [9.17, 15) is 9.90 Å². The fourth-order valence-electron chi connectivity index (χ4n) is 7.55. The number of ketones is 1. The maximum atomic E-state index is 13.6. The monoisotopic (exact) mass is 408 g/mol. The van der Waals surface area contributed by atoms with Crippen LogP contribution in [0.15, 0.2) is 23.4 Å². The summed E-state index contributed by atoms with van der Waals surface area (Å²) in [6.07, 6.45) is 13.3. The van der Waals surface area contributed by atoms with Crippen LogP contribution in [0.4, 0.5) is 0 Å². The summed E-state index contributed by atoms with van der Waals surface area (Å²) in [6.45, 7) is 9.74. The number of carbonyl (C=O) groups is 1. The SMILES string of the molecule is CCn1ncc(/C=C2\C[C@@H]3[C@H]4CC=C5C[C@H](O)CC[C@]5(C)[C@@H]4CC[C@]3(C)C2=O)c1C. The highest BCUT2D eigenvalue weighted by Crippen LogP contribution is 2.64. The van der Waals surface area contributed by atoms with Gasteiger partial charge in [-0.05, 0) is 93.6 Å². The van der Waals surface area contributed by atoms with Gasteiger partial charge in [-0.3, -0.25) is 9.48 Å². The van der Waals surface area contributed by atoms with Crippen LogP contribution in [-0.4, -0.2) is 26.8 Å². The third kappa shape index (κ3) is 2.75. The van der Waals surface area contributed by atoms with Crippen molar-refractivity contribution in [1.29, 1.82) is 0 Å². The minimum absolute atomic E-state index is 0.162. The first-order valence-corrected chi connectivity index (χ1v) is 11.9. The molecule has 0 aliphatic heterocycles. The molecule has 0 amide bonds. The van der Waals surface area contributed by atoms with Gasteiger partial charge in [-0.15, -0.1) is 0 Å². The van der Waals surface area contributed by atoms with Crippen molar-refractivity contribution in [1.82, 2.24) is 9.78 Å². The number of fused-ring (bicyclic) bond motifs is 5. The second-order valence-corrected chi connectivity index (χ2v) is 10.8. The van der Waals surface area contributed by atoms with Crippen LogP contribution in [0.1, 0.15) is 77.0 Å². The highest BCUT2D eigenvalue weighted by molar-refractivity contribution is 6.06. The molecule has 0 unspecified atom stereocenters. The van der Waals surface area contributed by atoms with Gasteiger partial charge in [0.05, 0.1) is 12.3 Å². The number of Topliss-reactive ketones (excluding diaryl/α,β-unsaturated/α-hetero) is 1. The zero-order chi connectivity index (χ0) is 21.3. The number of hydrogen-bond donors (Lipinski definition) is 1. The minimum atomic E-state index is -0.211. The van der Waals surface area contributed by atoms with E-state index < -0.39 is 0 Å². The lowest BCUT2D eigenvalue weighted by Gasteiger charge is -2.56. The molecule has 0 radical (unpaired) electrons. The van der Waals surface area contributed by atoms with Crippen LogP contribution in [0, 0.1) is 35.5 Å². The molecule has 0 spiro atoms. The van der Waals surface area contributed by atoms with Crippen molar-refractivity contribution in [2.24, 2.45) is 28.6 Å². The standard InChI is InChI=1S/C26H36N2O2/c1-5-28-16(2)18(15-27-28)12-17-13-23-21-7-6-19-14-20(29)8-10-25(19,3)22(21)9-11-26(23,4)24(17)30/h6,12,15,20-23,29H,5,7-11,13-14H2,1-4H3/b17-12+/t20-,21+,22-,23-,25+,26+/m1/s1. The second-order valence-electron chi connectivity index (χ2n) is 10.8. The zero-order valence-corrected chi connectivity index (χ0v) is 18.9. The van der Waals surface area contributed by atoms with Crippen molar-refractivity contribution in [2.75, 3.05) is 0 Å². The van der Waals surface area contributed by atoms with Crippen LogP contribution in [0.3, 0.4) is 0 Å². The Morgan fingerprint density at radius 2 is 1.97 bits per heavy atom. The molecule has 4 heteroatoms. The van der Waals surface area contributed by atoms with Crippen molar-refractivity contribution in [3.8, 4) is 0 Å². The van der Waals surface area contributed by atoms with E-state index in [0.717, 1.165) is 68.3 Å². The maximum Gasteiger partial charge on any atom is 0.165 e. The molecule has 4 aliphatic rings. The van der Waals surface area contributed by atoms with Crippen molar-refractivity contribution in [3.05, 3.63) is 34.7 Å². The fourth-order valence-corrected chi connectivity index (χ4v) is 7.55.